The summed E-state index contributed by atoms with van der Waals surface area (Å²) in [5, 5.41) is 6.47. The highest BCUT2D eigenvalue weighted by molar-refractivity contribution is 5.81. The number of piperidine rings is 1. The van der Waals surface area contributed by atoms with E-state index in [1.54, 1.807) is 0 Å². The lowest BCUT2D eigenvalue weighted by atomic mass is 9.99. The van der Waals surface area contributed by atoms with E-state index in [1.807, 2.05) is 0 Å². The quantitative estimate of drug-likeness (QED) is 0.771. The minimum atomic E-state index is 0.0205. The molecule has 4 nitrogen and oxygen atoms in total. The van der Waals surface area contributed by atoms with Crippen LogP contribution in [0.5, 0.6) is 0 Å². The molecule has 0 spiro atoms. The molecule has 1 heterocycles. The molecule has 0 aromatic carbocycles. The summed E-state index contributed by atoms with van der Waals surface area (Å²) in [6, 6.07) is 1.68. The highest BCUT2D eigenvalue weighted by Gasteiger charge is 2.30. The van der Waals surface area contributed by atoms with Crippen molar-refractivity contribution in [1.82, 2.24) is 15.5 Å². The third-order valence-corrected chi connectivity index (χ3v) is 4.32. The van der Waals surface area contributed by atoms with E-state index >= 15 is 0 Å². The van der Waals surface area contributed by atoms with Crippen molar-refractivity contribution in [1.29, 1.82) is 0 Å². The molecule has 1 amide bonds. The Bertz CT molecular complexity index is 291. The number of carbonyl (C=O) groups is 1. The molecule has 3 unspecified atom stereocenters. The Labute approximate surface area is 110 Å². The van der Waals surface area contributed by atoms with Crippen molar-refractivity contribution in [3.05, 3.63) is 0 Å². The molecule has 0 bridgehead atoms. The lowest BCUT2D eigenvalue weighted by Crippen LogP contribution is -2.52. The molecule has 2 aliphatic rings. The van der Waals surface area contributed by atoms with Gasteiger partial charge in [0.25, 0.3) is 0 Å². The fourth-order valence-corrected chi connectivity index (χ4v) is 2.70. The van der Waals surface area contributed by atoms with Crippen LogP contribution in [-0.4, -0.2) is 48.6 Å². The predicted molar refractivity (Wildman–Crippen MR) is 73.5 cm³/mol. The molecule has 0 aromatic rings. The number of rotatable bonds is 5. The van der Waals surface area contributed by atoms with Gasteiger partial charge in [-0.2, -0.15) is 0 Å². The van der Waals surface area contributed by atoms with Crippen molar-refractivity contribution >= 4 is 5.91 Å². The zero-order chi connectivity index (χ0) is 13.1. The maximum Gasteiger partial charge on any atom is 0.237 e. The van der Waals surface area contributed by atoms with Gasteiger partial charge >= 0.3 is 0 Å². The minimum absolute atomic E-state index is 0.0205. The molecule has 2 fully saturated rings. The summed E-state index contributed by atoms with van der Waals surface area (Å²) in [4.78, 5) is 14.5. The van der Waals surface area contributed by atoms with Crippen LogP contribution in [0, 0.1) is 0 Å². The first-order chi connectivity index (χ1) is 8.58. The van der Waals surface area contributed by atoms with Crippen LogP contribution in [0.4, 0.5) is 0 Å². The number of hydrogen-bond donors (Lipinski definition) is 2. The van der Waals surface area contributed by atoms with Crippen molar-refractivity contribution in [3.8, 4) is 0 Å². The Balaban J connectivity index is 1.70. The van der Waals surface area contributed by atoms with Crippen LogP contribution >= 0.6 is 0 Å². The summed E-state index contributed by atoms with van der Waals surface area (Å²) in [6.45, 7) is 5.11. The SMILES string of the molecule is CC1CCCC(C(=O)NCC(C)N(C)C2CC2)N1. The number of nitrogens with zero attached hydrogens (tertiary/aromatic N) is 1. The second-order valence-corrected chi connectivity index (χ2v) is 6.04. The van der Waals surface area contributed by atoms with Gasteiger partial charge in [-0.1, -0.05) is 0 Å². The van der Waals surface area contributed by atoms with Gasteiger partial charge in [0.15, 0.2) is 0 Å². The van der Waals surface area contributed by atoms with Gasteiger partial charge in [0, 0.05) is 24.7 Å². The molecule has 4 heteroatoms. The van der Waals surface area contributed by atoms with E-state index in [1.165, 1.54) is 19.3 Å². The van der Waals surface area contributed by atoms with Crippen LogP contribution in [-0.2, 0) is 4.79 Å². The van der Waals surface area contributed by atoms with E-state index in [2.05, 4.69) is 36.4 Å². The zero-order valence-electron chi connectivity index (χ0n) is 11.9. The first-order valence-corrected chi connectivity index (χ1v) is 7.33. The lowest BCUT2D eigenvalue weighted by Gasteiger charge is -2.29. The van der Waals surface area contributed by atoms with Gasteiger partial charge in [-0.15, -0.1) is 0 Å². The second-order valence-electron chi connectivity index (χ2n) is 6.04. The molecule has 2 rings (SSSR count). The Kier molecular flexibility index (Phi) is 4.62. The van der Waals surface area contributed by atoms with Crippen molar-refractivity contribution in [3.63, 3.8) is 0 Å². The van der Waals surface area contributed by atoms with E-state index in [0.29, 0.717) is 12.1 Å². The fourth-order valence-electron chi connectivity index (χ4n) is 2.70. The van der Waals surface area contributed by atoms with Gasteiger partial charge in [-0.3, -0.25) is 9.69 Å². The third-order valence-electron chi connectivity index (χ3n) is 4.32. The zero-order valence-corrected chi connectivity index (χ0v) is 11.9. The summed E-state index contributed by atoms with van der Waals surface area (Å²) in [5.74, 6) is 0.178. The van der Waals surface area contributed by atoms with Crippen molar-refractivity contribution in [2.75, 3.05) is 13.6 Å². The first kappa shape index (κ1) is 13.8. The van der Waals surface area contributed by atoms with Crippen LogP contribution < -0.4 is 10.6 Å². The largest absolute Gasteiger partial charge is 0.353 e. The Hall–Kier alpha value is -0.610. The van der Waals surface area contributed by atoms with Crippen molar-refractivity contribution < 1.29 is 4.79 Å². The Morgan fingerprint density at radius 1 is 1.39 bits per heavy atom. The normalized spacial score (nSPS) is 30.2. The molecule has 2 N–H and O–H groups in total. The number of hydrogen-bond acceptors (Lipinski definition) is 3. The Morgan fingerprint density at radius 3 is 2.72 bits per heavy atom. The maximum absolute atomic E-state index is 12.1. The maximum atomic E-state index is 12.1. The summed E-state index contributed by atoms with van der Waals surface area (Å²) >= 11 is 0. The second kappa shape index (κ2) is 6.02. The van der Waals surface area contributed by atoms with Crippen LogP contribution in [0.2, 0.25) is 0 Å². The molecule has 0 radical (unpaired) electrons. The number of amides is 1. The number of likely N-dealkylation sites (N-methyl/N-ethyl adjacent to an activating group) is 1. The Morgan fingerprint density at radius 2 is 2.11 bits per heavy atom. The standard InChI is InChI=1S/C14H27N3O/c1-10-5-4-6-13(16-10)14(18)15-9-11(2)17(3)12-7-8-12/h10-13,16H,4-9H2,1-3H3,(H,15,18). The number of nitrogens with one attached hydrogen (secondary N) is 2. The van der Waals surface area contributed by atoms with Gasteiger partial charge < -0.3 is 10.6 Å². The van der Waals surface area contributed by atoms with Gasteiger partial charge in [0.1, 0.15) is 0 Å². The molecule has 1 saturated heterocycles. The van der Waals surface area contributed by atoms with Crippen LogP contribution in [0.25, 0.3) is 0 Å². The van der Waals surface area contributed by atoms with E-state index in [-0.39, 0.29) is 11.9 Å². The van der Waals surface area contributed by atoms with E-state index in [4.69, 9.17) is 0 Å². The molecular weight excluding hydrogens is 226 g/mol. The lowest BCUT2D eigenvalue weighted by molar-refractivity contribution is -0.124. The summed E-state index contributed by atoms with van der Waals surface area (Å²) < 4.78 is 0. The average Bonchev–Trinajstić information content (AvgIpc) is 3.18. The van der Waals surface area contributed by atoms with Gasteiger partial charge in [-0.25, -0.2) is 0 Å². The number of carbonyl (C=O) groups excluding carboxylic acids is 1. The van der Waals surface area contributed by atoms with Gasteiger partial charge in [-0.05, 0) is 53.0 Å². The molecule has 0 aromatic heterocycles. The molecule has 104 valence electrons. The molecule has 1 saturated carbocycles. The summed E-state index contributed by atoms with van der Waals surface area (Å²) in [5.41, 5.74) is 0. The van der Waals surface area contributed by atoms with Crippen LogP contribution in [0.3, 0.4) is 0 Å². The monoisotopic (exact) mass is 253 g/mol. The van der Waals surface area contributed by atoms with E-state index < -0.39 is 0 Å². The van der Waals surface area contributed by atoms with Crippen molar-refractivity contribution in [2.45, 2.75) is 70.1 Å². The summed E-state index contributed by atoms with van der Waals surface area (Å²) in [6.07, 6.45) is 5.95. The fraction of sp³-hybridized carbons (Fsp3) is 0.929. The molecule has 1 aliphatic heterocycles. The highest BCUT2D eigenvalue weighted by atomic mass is 16.2. The van der Waals surface area contributed by atoms with Crippen LogP contribution in [0.1, 0.15) is 46.0 Å². The molecule has 18 heavy (non-hydrogen) atoms. The third kappa shape index (κ3) is 3.69. The first-order valence-electron chi connectivity index (χ1n) is 7.33. The average molecular weight is 253 g/mol. The highest BCUT2D eigenvalue weighted by Crippen LogP contribution is 2.26. The van der Waals surface area contributed by atoms with Gasteiger partial charge in [0.05, 0.1) is 6.04 Å². The minimum Gasteiger partial charge on any atom is -0.353 e. The summed E-state index contributed by atoms with van der Waals surface area (Å²) in [7, 11) is 2.16. The van der Waals surface area contributed by atoms with E-state index in [0.717, 1.165) is 25.4 Å². The smallest absolute Gasteiger partial charge is 0.237 e. The topological polar surface area (TPSA) is 44.4 Å². The van der Waals surface area contributed by atoms with E-state index in [9.17, 15) is 4.79 Å². The van der Waals surface area contributed by atoms with Crippen LogP contribution in [0.15, 0.2) is 0 Å². The molecule has 1 aliphatic carbocycles. The van der Waals surface area contributed by atoms with Gasteiger partial charge in [0.2, 0.25) is 5.91 Å². The molecular formula is C14H27N3O. The molecule has 3 atom stereocenters. The predicted octanol–water partition coefficient (Wildman–Crippen LogP) is 1.12. The van der Waals surface area contributed by atoms with Crippen molar-refractivity contribution in [2.24, 2.45) is 0 Å².